The summed E-state index contributed by atoms with van der Waals surface area (Å²) in [4.78, 5) is 47.8. The summed E-state index contributed by atoms with van der Waals surface area (Å²) in [6.07, 6.45) is 6.39. The molecule has 8 nitrogen and oxygen atoms in total. The van der Waals surface area contributed by atoms with E-state index in [-0.39, 0.29) is 30.6 Å². The van der Waals surface area contributed by atoms with Crippen molar-refractivity contribution in [3.05, 3.63) is 69.0 Å². The third-order valence-electron chi connectivity index (χ3n) is 8.52. The number of hydrogen-bond acceptors (Lipinski definition) is 6. The molecule has 1 unspecified atom stereocenters. The first-order valence-corrected chi connectivity index (χ1v) is 14.7. The summed E-state index contributed by atoms with van der Waals surface area (Å²) in [6, 6.07) is 3.06. The van der Waals surface area contributed by atoms with Crippen LogP contribution < -0.4 is 20.7 Å². The van der Waals surface area contributed by atoms with Gasteiger partial charge in [-0.05, 0) is 59.2 Å². The molecule has 3 heterocycles. The molecule has 1 aromatic heterocycles. The standard InChI is InChI=1S/C30H34BrF2N5O3/c1-4-6-18-9-12-37(13-10-18)22-15-21(31)26-20(7-8-23(26)39)27(22)28(41)34-24-16-25(40)36(3)29(35-24)38-14-11-30(32,33)19(5-2)17-38/h4-5,15-16,18-19H,1-2,6-14,17H2,3H3,(H,34,41). The van der Waals surface area contributed by atoms with E-state index in [2.05, 4.69) is 44.3 Å². The zero-order chi connectivity index (χ0) is 29.5. The zero-order valence-corrected chi connectivity index (χ0v) is 24.7. The number of hydrogen-bond donors (Lipinski definition) is 1. The van der Waals surface area contributed by atoms with Gasteiger partial charge in [-0.25, -0.2) is 8.78 Å². The number of carbonyl (C=O) groups is 2. The van der Waals surface area contributed by atoms with Crippen molar-refractivity contribution in [1.29, 1.82) is 0 Å². The molecule has 1 N–H and O–H groups in total. The molecule has 3 aliphatic rings. The van der Waals surface area contributed by atoms with Gasteiger partial charge in [-0.3, -0.25) is 19.0 Å². The van der Waals surface area contributed by atoms with Gasteiger partial charge in [0.25, 0.3) is 17.4 Å². The zero-order valence-electron chi connectivity index (χ0n) is 23.1. The number of piperidine rings is 2. The Labute approximate surface area is 246 Å². The molecule has 41 heavy (non-hydrogen) atoms. The number of fused-ring (bicyclic) bond motifs is 1. The fourth-order valence-corrected chi connectivity index (χ4v) is 6.84. The lowest BCUT2D eigenvalue weighted by molar-refractivity contribution is -0.0546. The number of carbonyl (C=O) groups excluding carboxylic acids is 2. The number of halogens is 3. The summed E-state index contributed by atoms with van der Waals surface area (Å²) in [7, 11) is 1.52. The Morgan fingerprint density at radius 3 is 2.59 bits per heavy atom. The maximum atomic E-state index is 14.3. The van der Waals surface area contributed by atoms with Gasteiger partial charge in [0.05, 0.1) is 17.2 Å². The summed E-state index contributed by atoms with van der Waals surface area (Å²) in [5.41, 5.74) is 1.91. The Balaban J connectivity index is 1.48. The number of rotatable bonds is 7. The van der Waals surface area contributed by atoms with Crippen LogP contribution in [0.15, 0.2) is 46.7 Å². The third kappa shape index (κ3) is 5.60. The molecule has 0 spiro atoms. The molecule has 11 heteroatoms. The molecule has 5 rings (SSSR count). The second-order valence-electron chi connectivity index (χ2n) is 11.1. The Morgan fingerprint density at radius 2 is 1.90 bits per heavy atom. The number of nitrogens with zero attached hydrogens (tertiary/aromatic N) is 4. The van der Waals surface area contributed by atoms with E-state index in [1.807, 2.05) is 12.1 Å². The van der Waals surface area contributed by atoms with Crippen molar-refractivity contribution in [2.24, 2.45) is 18.9 Å². The molecule has 218 valence electrons. The molecular weight excluding hydrogens is 596 g/mol. The van der Waals surface area contributed by atoms with Gasteiger partial charge in [0.15, 0.2) is 5.78 Å². The summed E-state index contributed by atoms with van der Waals surface area (Å²) in [5.74, 6) is -3.71. The first-order valence-electron chi connectivity index (χ1n) is 13.9. The fraction of sp³-hybridized carbons (Fsp3) is 0.467. The number of ketones is 1. The van der Waals surface area contributed by atoms with Crippen LogP contribution in [0.5, 0.6) is 0 Å². The van der Waals surface area contributed by atoms with Crippen LogP contribution in [0.25, 0.3) is 0 Å². The van der Waals surface area contributed by atoms with E-state index in [0.29, 0.717) is 39.9 Å². The lowest BCUT2D eigenvalue weighted by Crippen LogP contribution is -2.48. The second kappa shape index (κ2) is 11.5. The van der Waals surface area contributed by atoms with Crippen LogP contribution in [0.4, 0.5) is 26.2 Å². The summed E-state index contributed by atoms with van der Waals surface area (Å²) >= 11 is 3.57. The molecule has 1 atom stereocenters. The molecule has 1 amide bonds. The maximum absolute atomic E-state index is 14.3. The number of Topliss-reactive ketones (excluding diaryl/α,β-unsaturated/α-hetero) is 1. The summed E-state index contributed by atoms with van der Waals surface area (Å²) < 4.78 is 30.6. The van der Waals surface area contributed by atoms with Crippen LogP contribution in [0.1, 0.15) is 58.4 Å². The molecule has 1 aliphatic carbocycles. The van der Waals surface area contributed by atoms with Gasteiger partial charge in [0, 0.05) is 62.2 Å². The van der Waals surface area contributed by atoms with E-state index in [1.165, 1.54) is 23.8 Å². The van der Waals surface area contributed by atoms with Crippen LogP contribution in [0.2, 0.25) is 0 Å². The number of aromatic nitrogens is 2. The van der Waals surface area contributed by atoms with E-state index >= 15 is 0 Å². The van der Waals surface area contributed by atoms with Crippen molar-refractivity contribution < 1.29 is 18.4 Å². The van der Waals surface area contributed by atoms with E-state index in [9.17, 15) is 23.2 Å². The lowest BCUT2D eigenvalue weighted by Gasteiger charge is -2.38. The van der Waals surface area contributed by atoms with Gasteiger partial charge in [-0.2, -0.15) is 4.98 Å². The molecule has 2 aromatic rings. The number of amides is 1. The average molecular weight is 631 g/mol. The highest BCUT2D eigenvalue weighted by Gasteiger charge is 2.43. The molecule has 1 aromatic carbocycles. The maximum Gasteiger partial charge on any atom is 0.259 e. The number of alkyl halides is 2. The monoisotopic (exact) mass is 629 g/mol. The van der Waals surface area contributed by atoms with Crippen molar-refractivity contribution >= 4 is 45.1 Å². The van der Waals surface area contributed by atoms with Gasteiger partial charge >= 0.3 is 0 Å². The SMILES string of the molecule is C=CCC1CCN(c2cc(Br)c3c(c2C(=O)Nc2cc(=O)n(C)c(N4CCC(F)(F)C(C=C)C4)n2)CCC3=O)CC1. The van der Waals surface area contributed by atoms with Crippen molar-refractivity contribution in [1.82, 2.24) is 9.55 Å². The Kier molecular flexibility index (Phi) is 8.18. The molecule has 0 radical (unpaired) electrons. The van der Waals surface area contributed by atoms with Gasteiger partial charge < -0.3 is 15.1 Å². The minimum absolute atomic E-state index is 0.00328. The van der Waals surface area contributed by atoms with Crippen LogP contribution in [0, 0.1) is 11.8 Å². The summed E-state index contributed by atoms with van der Waals surface area (Å²) in [5, 5.41) is 2.79. The first-order chi connectivity index (χ1) is 19.5. The van der Waals surface area contributed by atoms with Gasteiger partial charge in [-0.1, -0.05) is 12.2 Å². The predicted molar refractivity (Wildman–Crippen MR) is 159 cm³/mol. The van der Waals surface area contributed by atoms with E-state index in [4.69, 9.17) is 0 Å². The van der Waals surface area contributed by atoms with Crippen LogP contribution in [-0.4, -0.2) is 53.3 Å². The molecule has 2 saturated heterocycles. The number of anilines is 3. The molecule has 0 saturated carbocycles. The third-order valence-corrected chi connectivity index (χ3v) is 9.15. The van der Waals surface area contributed by atoms with Crippen LogP contribution in [-0.2, 0) is 13.5 Å². The van der Waals surface area contributed by atoms with Gasteiger partial charge in [-0.15, -0.1) is 13.2 Å². The van der Waals surface area contributed by atoms with Gasteiger partial charge in [0.1, 0.15) is 5.82 Å². The van der Waals surface area contributed by atoms with Crippen LogP contribution in [0.3, 0.4) is 0 Å². The smallest absolute Gasteiger partial charge is 0.259 e. The fourth-order valence-electron chi connectivity index (χ4n) is 6.16. The highest BCUT2D eigenvalue weighted by atomic mass is 79.9. The largest absolute Gasteiger partial charge is 0.371 e. The Hall–Kier alpha value is -3.34. The minimum atomic E-state index is -2.89. The Bertz CT molecular complexity index is 1460. The van der Waals surface area contributed by atoms with Gasteiger partial charge in [0.2, 0.25) is 5.95 Å². The first kappa shape index (κ1) is 29.2. The van der Waals surface area contributed by atoms with E-state index in [0.717, 1.165) is 38.0 Å². The predicted octanol–water partition coefficient (Wildman–Crippen LogP) is 5.36. The lowest BCUT2D eigenvalue weighted by atomic mass is 9.92. The highest BCUT2D eigenvalue weighted by Crippen LogP contribution is 2.40. The van der Waals surface area contributed by atoms with Crippen molar-refractivity contribution in [2.75, 3.05) is 41.3 Å². The van der Waals surface area contributed by atoms with Crippen molar-refractivity contribution in [2.45, 2.75) is 44.4 Å². The minimum Gasteiger partial charge on any atom is -0.371 e. The highest BCUT2D eigenvalue weighted by molar-refractivity contribution is 9.10. The second-order valence-corrected chi connectivity index (χ2v) is 11.9. The molecule has 2 aliphatic heterocycles. The van der Waals surface area contributed by atoms with Crippen molar-refractivity contribution in [3.63, 3.8) is 0 Å². The van der Waals surface area contributed by atoms with E-state index in [1.54, 1.807) is 4.90 Å². The van der Waals surface area contributed by atoms with E-state index < -0.39 is 29.7 Å². The number of allylic oxidation sites excluding steroid dienone is 1. The topological polar surface area (TPSA) is 87.5 Å². The summed E-state index contributed by atoms with van der Waals surface area (Å²) in [6.45, 7) is 8.87. The quantitative estimate of drug-likeness (QED) is 0.415. The molecule has 2 fully saturated rings. The molecule has 0 bridgehead atoms. The van der Waals surface area contributed by atoms with Crippen LogP contribution >= 0.6 is 15.9 Å². The normalized spacial score (nSPS) is 20.6. The Morgan fingerprint density at radius 1 is 1.17 bits per heavy atom. The molecular formula is C30H34BrF2N5O3. The number of nitrogens with one attached hydrogen (secondary N) is 1. The number of benzene rings is 1. The van der Waals surface area contributed by atoms with Crippen molar-refractivity contribution in [3.8, 4) is 0 Å². The average Bonchev–Trinajstić information content (AvgIpc) is 3.32.